The molecule has 0 aromatic heterocycles. The number of hydrogen-bond donors (Lipinski definition) is 0. The summed E-state index contributed by atoms with van der Waals surface area (Å²) in [5.41, 5.74) is 0. The van der Waals surface area contributed by atoms with Gasteiger partial charge in [0.05, 0.1) is 0 Å². The van der Waals surface area contributed by atoms with E-state index in [1.807, 2.05) is 0 Å². The van der Waals surface area contributed by atoms with E-state index in [0.29, 0.717) is 0 Å². The Balaban J connectivity index is 0.000000178. The van der Waals surface area contributed by atoms with Crippen LogP contribution < -0.4 is 37.0 Å². The second kappa shape index (κ2) is 26.4. The SMILES string of the molecule is CP(C)c1ccccc1.CP(C)c1ccccc1.[Pt].c1cc[c]([Ge]([c]2ccccc2)[c]2ccccc2)cc1.c1cc[c]([Ge]([c]2ccccc2)[c]2ccccc2)cc1. The second-order valence-corrected chi connectivity index (χ2v) is 28.4. The topological polar surface area (TPSA) is 0 Å². The fourth-order valence-corrected chi connectivity index (χ4v) is 18.4. The van der Waals surface area contributed by atoms with Crippen molar-refractivity contribution in [3.05, 3.63) is 243 Å². The molecule has 0 heterocycles. The molecule has 0 saturated carbocycles. The van der Waals surface area contributed by atoms with E-state index in [-0.39, 0.29) is 36.9 Å². The molecule has 0 saturated heterocycles. The predicted molar refractivity (Wildman–Crippen MR) is 258 cm³/mol. The summed E-state index contributed by atoms with van der Waals surface area (Å²) < 4.78 is 9.00. The molecule has 0 spiro atoms. The molecule has 0 amide bonds. The van der Waals surface area contributed by atoms with E-state index in [1.54, 1.807) is 0 Å². The molecular formula is C52H52Ge2P2Pt. The minimum atomic E-state index is -1.63. The second-order valence-electron chi connectivity index (χ2n) is 13.4. The zero-order valence-corrected chi connectivity index (χ0v) is 41.6. The van der Waals surface area contributed by atoms with Crippen LogP contribution in [-0.2, 0) is 21.1 Å². The van der Waals surface area contributed by atoms with Gasteiger partial charge in [0.25, 0.3) is 0 Å². The van der Waals surface area contributed by atoms with Crippen molar-refractivity contribution in [1.29, 1.82) is 0 Å². The number of benzene rings is 8. The number of hydrogen-bond acceptors (Lipinski definition) is 0. The van der Waals surface area contributed by atoms with Gasteiger partial charge in [-0.3, -0.25) is 0 Å². The van der Waals surface area contributed by atoms with Gasteiger partial charge in [0.1, 0.15) is 0 Å². The zero-order chi connectivity index (χ0) is 39.2. The maximum absolute atomic E-state index is 2.27. The van der Waals surface area contributed by atoms with Crippen molar-refractivity contribution in [2.45, 2.75) is 0 Å². The van der Waals surface area contributed by atoms with Gasteiger partial charge in [-0.05, 0) is 37.3 Å². The van der Waals surface area contributed by atoms with Crippen LogP contribution in [0.3, 0.4) is 0 Å². The standard InChI is InChI=1S/2C18H15Ge.2C8H11P.Pt/c2*1-4-10-16(11-5-1)19(17-12-6-2-7-13-17)18-14-8-3-9-15-18;2*1-9(2)8-6-4-3-5-7-8;/h2*1-15H;2*3-7H,1-2H3;. The molecule has 0 bridgehead atoms. The van der Waals surface area contributed by atoms with Gasteiger partial charge >= 0.3 is 237 Å². The van der Waals surface area contributed by atoms with Crippen molar-refractivity contribution < 1.29 is 21.1 Å². The van der Waals surface area contributed by atoms with Crippen LogP contribution in [0.15, 0.2) is 243 Å². The van der Waals surface area contributed by atoms with Crippen LogP contribution >= 0.6 is 15.8 Å². The molecule has 0 fully saturated rings. The third-order valence-electron chi connectivity index (χ3n) is 8.92. The molecule has 57 heavy (non-hydrogen) atoms. The van der Waals surface area contributed by atoms with Gasteiger partial charge < -0.3 is 0 Å². The van der Waals surface area contributed by atoms with Crippen molar-refractivity contribution in [1.82, 2.24) is 0 Å². The Kier molecular flexibility index (Phi) is 21.4. The summed E-state index contributed by atoms with van der Waals surface area (Å²) in [5, 5.41) is 2.96. The Bertz CT molecular complexity index is 1830. The summed E-state index contributed by atoms with van der Waals surface area (Å²) in [4.78, 5) is 0. The molecule has 2 radical (unpaired) electrons. The first-order valence-corrected chi connectivity index (χ1v) is 29.8. The maximum atomic E-state index is 2.27. The minimum absolute atomic E-state index is 0. The molecule has 8 aromatic rings. The van der Waals surface area contributed by atoms with Gasteiger partial charge in [-0.2, -0.15) is 0 Å². The van der Waals surface area contributed by atoms with Crippen molar-refractivity contribution in [3.63, 3.8) is 0 Å². The van der Waals surface area contributed by atoms with Gasteiger partial charge in [0.15, 0.2) is 0 Å². The van der Waals surface area contributed by atoms with E-state index >= 15 is 0 Å². The fraction of sp³-hybridized carbons (Fsp3) is 0.0769. The predicted octanol–water partition coefficient (Wildman–Crippen LogP) is 8.51. The van der Waals surface area contributed by atoms with Crippen LogP contribution in [0.2, 0.25) is 0 Å². The average molecular weight is 1080 g/mol. The molecule has 0 aliphatic rings. The molecule has 8 rings (SSSR count). The molecular weight excluding hydrogens is 1030 g/mol. The molecule has 288 valence electrons. The Morgan fingerprint density at radius 2 is 0.368 bits per heavy atom. The Hall–Kier alpha value is -3.61. The molecule has 0 atom stereocenters. The average Bonchev–Trinajstić information content (AvgIpc) is 3.27. The summed E-state index contributed by atoms with van der Waals surface area (Å²) in [7, 11) is 0.209. The Morgan fingerprint density at radius 1 is 0.228 bits per heavy atom. The van der Waals surface area contributed by atoms with Crippen LogP contribution in [0.1, 0.15) is 0 Å². The molecule has 0 unspecified atom stereocenters. The van der Waals surface area contributed by atoms with Crippen molar-refractivity contribution in [2.75, 3.05) is 26.7 Å². The molecule has 8 aromatic carbocycles. The summed E-state index contributed by atoms with van der Waals surface area (Å²) in [6.45, 7) is 9.07. The van der Waals surface area contributed by atoms with Crippen LogP contribution in [0.5, 0.6) is 0 Å². The molecule has 5 heteroatoms. The number of rotatable bonds is 8. The third kappa shape index (κ3) is 15.6. The van der Waals surface area contributed by atoms with E-state index in [0.717, 1.165) is 0 Å². The summed E-state index contributed by atoms with van der Waals surface area (Å²) in [6.07, 6.45) is 0. The monoisotopic (exact) mass is 1080 g/mol. The first-order chi connectivity index (χ1) is 27.5. The fourth-order valence-electron chi connectivity index (χ4n) is 6.08. The van der Waals surface area contributed by atoms with E-state index in [4.69, 9.17) is 0 Å². The van der Waals surface area contributed by atoms with Gasteiger partial charge in [-0.1, -0.05) is 76.5 Å². The van der Waals surface area contributed by atoms with Gasteiger partial charge in [0.2, 0.25) is 0 Å². The zero-order valence-electron chi connectivity index (χ0n) is 33.3. The van der Waals surface area contributed by atoms with Crippen LogP contribution in [-0.4, -0.2) is 55.4 Å². The summed E-state index contributed by atoms with van der Waals surface area (Å²) in [6, 6.07) is 86.8. The Labute approximate surface area is 368 Å². The van der Waals surface area contributed by atoms with Crippen LogP contribution in [0.4, 0.5) is 0 Å². The van der Waals surface area contributed by atoms with E-state index in [1.165, 1.54) is 37.0 Å². The van der Waals surface area contributed by atoms with Gasteiger partial charge in [-0.25, -0.2) is 0 Å². The first-order valence-electron chi connectivity index (χ1n) is 19.0. The van der Waals surface area contributed by atoms with Crippen LogP contribution in [0.25, 0.3) is 0 Å². The quantitative estimate of drug-likeness (QED) is 0.106. The molecule has 0 nitrogen and oxygen atoms in total. The van der Waals surface area contributed by atoms with Crippen LogP contribution in [0, 0.1) is 0 Å². The molecule has 0 N–H and O–H groups in total. The van der Waals surface area contributed by atoms with E-state index in [9.17, 15) is 0 Å². The summed E-state index contributed by atoms with van der Waals surface area (Å²) >= 11 is -3.26. The summed E-state index contributed by atoms with van der Waals surface area (Å²) in [5.74, 6) is 0. The van der Waals surface area contributed by atoms with Crippen molar-refractivity contribution >= 4 is 81.5 Å². The Morgan fingerprint density at radius 3 is 0.491 bits per heavy atom. The van der Waals surface area contributed by atoms with Crippen molar-refractivity contribution in [2.24, 2.45) is 0 Å². The van der Waals surface area contributed by atoms with Gasteiger partial charge in [0, 0.05) is 21.1 Å². The van der Waals surface area contributed by atoms with Crippen molar-refractivity contribution in [3.8, 4) is 0 Å². The van der Waals surface area contributed by atoms with Gasteiger partial charge in [-0.15, -0.1) is 0 Å². The third-order valence-corrected chi connectivity index (χ3v) is 23.0. The normalized spacial score (nSPS) is 10.2. The van der Waals surface area contributed by atoms with E-state index < -0.39 is 28.7 Å². The molecule has 0 aliphatic carbocycles. The molecule has 0 aliphatic heterocycles. The first kappa shape index (κ1) is 46.1. The van der Waals surface area contributed by atoms with E-state index in [2.05, 4.69) is 269 Å².